The lowest BCUT2D eigenvalue weighted by molar-refractivity contribution is -0.130. The van der Waals surface area contributed by atoms with E-state index in [1.165, 1.54) is 43.4 Å². The zero-order chi connectivity index (χ0) is 16.2. The Morgan fingerprint density at radius 2 is 1.74 bits per heavy atom. The molecule has 0 spiro atoms. The van der Waals surface area contributed by atoms with Crippen LogP contribution < -0.4 is 10.6 Å². The summed E-state index contributed by atoms with van der Waals surface area (Å²) in [5.41, 5.74) is 0.385. The van der Waals surface area contributed by atoms with Gasteiger partial charge in [0.05, 0.1) is 6.04 Å². The molecule has 5 nitrogen and oxygen atoms in total. The minimum absolute atomic E-state index is 0.0865. The average molecular weight is 319 g/mol. The van der Waals surface area contributed by atoms with Crippen LogP contribution in [0.2, 0.25) is 0 Å². The fourth-order valence-electron chi connectivity index (χ4n) is 6.25. The molecule has 5 heteroatoms. The number of urea groups is 1. The van der Waals surface area contributed by atoms with E-state index < -0.39 is 0 Å². The quantitative estimate of drug-likeness (QED) is 0.834. The Labute approximate surface area is 138 Å². The van der Waals surface area contributed by atoms with Gasteiger partial charge in [0, 0.05) is 19.1 Å². The third kappa shape index (κ3) is 2.57. The predicted molar refractivity (Wildman–Crippen MR) is 87.8 cm³/mol. The number of nitrogens with zero attached hydrogens (tertiary/aromatic N) is 1. The van der Waals surface area contributed by atoms with Crippen LogP contribution in [0.3, 0.4) is 0 Å². The number of amides is 3. The fraction of sp³-hybridized carbons (Fsp3) is 0.889. The van der Waals surface area contributed by atoms with Crippen molar-refractivity contribution < 1.29 is 9.59 Å². The average Bonchev–Trinajstić information content (AvgIpc) is 2.91. The molecule has 3 amide bonds. The molecule has 0 aromatic heterocycles. The highest BCUT2D eigenvalue weighted by Crippen LogP contribution is 2.61. The normalized spacial score (nSPS) is 41.0. The van der Waals surface area contributed by atoms with Crippen molar-refractivity contribution in [3.8, 4) is 0 Å². The fourth-order valence-corrected chi connectivity index (χ4v) is 6.25. The summed E-state index contributed by atoms with van der Waals surface area (Å²) in [5, 5.41) is 6.27. The van der Waals surface area contributed by atoms with E-state index in [1.54, 1.807) is 0 Å². The minimum atomic E-state index is -0.290. The molecule has 23 heavy (non-hydrogen) atoms. The largest absolute Gasteiger partial charge is 0.336 e. The van der Waals surface area contributed by atoms with Gasteiger partial charge in [-0.25, -0.2) is 4.79 Å². The highest BCUT2D eigenvalue weighted by molar-refractivity contribution is 5.98. The van der Waals surface area contributed by atoms with E-state index in [4.69, 9.17) is 0 Å². The standard InChI is InChI=1S/C18H29N3O2/c1-11(16(22)21-4-3-19-17(21)23)20-12(2)18-8-13-5-14(9-18)7-15(6-13)10-18/h11-15,20H,3-10H2,1-2H3,(H,19,23)/t11-,12+,13?,14?,15?,18?/m1/s1. The van der Waals surface area contributed by atoms with Crippen LogP contribution in [0.25, 0.3) is 0 Å². The third-order valence-corrected chi connectivity index (χ3v) is 7.00. The van der Waals surface area contributed by atoms with Gasteiger partial charge in [-0.1, -0.05) is 0 Å². The molecule has 1 saturated heterocycles. The van der Waals surface area contributed by atoms with Crippen molar-refractivity contribution in [2.45, 2.75) is 64.5 Å². The Bertz CT molecular complexity index is 483. The molecular weight excluding hydrogens is 290 g/mol. The summed E-state index contributed by atoms with van der Waals surface area (Å²) in [6.45, 7) is 5.24. The van der Waals surface area contributed by atoms with Gasteiger partial charge < -0.3 is 10.6 Å². The van der Waals surface area contributed by atoms with Crippen molar-refractivity contribution in [1.29, 1.82) is 0 Å². The smallest absolute Gasteiger partial charge is 0.324 e. The first-order valence-electron chi connectivity index (χ1n) is 9.32. The Kier molecular flexibility index (Phi) is 3.67. The van der Waals surface area contributed by atoms with Crippen LogP contribution in [0.1, 0.15) is 52.4 Å². The van der Waals surface area contributed by atoms with Gasteiger partial charge in [0.15, 0.2) is 0 Å². The molecule has 2 N–H and O–H groups in total. The van der Waals surface area contributed by atoms with Gasteiger partial charge in [0.1, 0.15) is 0 Å². The lowest BCUT2D eigenvalue weighted by Crippen LogP contribution is -2.58. The number of nitrogens with one attached hydrogen (secondary N) is 2. The summed E-state index contributed by atoms with van der Waals surface area (Å²) in [6, 6.07) is -0.187. The van der Waals surface area contributed by atoms with Gasteiger partial charge in [0.25, 0.3) is 0 Å². The maximum atomic E-state index is 12.5. The van der Waals surface area contributed by atoms with E-state index in [9.17, 15) is 9.59 Å². The SMILES string of the molecule is C[C@H](N[C@H](C)C(=O)N1CCNC1=O)C12CC3CC(CC(C3)C1)C2. The monoisotopic (exact) mass is 319 g/mol. The zero-order valence-corrected chi connectivity index (χ0v) is 14.3. The first kappa shape index (κ1) is 15.4. The molecule has 128 valence electrons. The van der Waals surface area contributed by atoms with E-state index in [2.05, 4.69) is 17.6 Å². The topological polar surface area (TPSA) is 61.4 Å². The molecule has 5 fully saturated rings. The highest BCUT2D eigenvalue weighted by atomic mass is 16.2. The number of carbonyl (C=O) groups excluding carboxylic acids is 2. The van der Waals surface area contributed by atoms with Crippen LogP contribution in [-0.2, 0) is 4.79 Å². The van der Waals surface area contributed by atoms with Crippen molar-refractivity contribution in [2.24, 2.45) is 23.2 Å². The lowest BCUT2D eigenvalue weighted by atomic mass is 9.48. The van der Waals surface area contributed by atoms with Gasteiger partial charge in [-0.05, 0) is 75.5 Å². The van der Waals surface area contributed by atoms with Gasteiger partial charge in [-0.3, -0.25) is 9.69 Å². The summed E-state index contributed by atoms with van der Waals surface area (Å²) in [5.74, 6) is 2.67. The Balaban J connectivity index is 1.42. The van der Waals surface area contributed by atoms with Gasteiger partial charge in [-0.15, -0.1) is 0 Å². The first-order valence-corrected chi connectivity index (χ1v) is 9.32. The van der Waals surface area contributed by atoms with Crippen molar-refractivity contribution in [3.63, 3.8) is 0 Å². The number of hydrogen-bond acceptors (Lipinski definition) is 3. The van der Waals surface area contributed by atoms with Crippen LogP contribution in [0.5, 0.6) is 0 Å². The van der Waals surface area contributed by atoms with Gasteiger partial charge in [0.2, 0.25) is 5.91 Å². The number of imide groups is 1. The van der Waals surface area contributed by atoms with E-state index in [-0.39, 0.29) is 18.0 Å². The van der Waals surface area contributed by atoms with Crippen LogP contribution in [0.4, 0.5) is 4.79 Å². The molecule has 4 saturated carbocycles. The highest BCUT2D eigenvalue weighted by Gasteiger charge is 2.53. The summed E-state index contributed by atoms with van der Waals surface area (Å²) in [7, 11) is 0. The maximum Gasteiger partial charge on any atom is 0.324 e. The second-order valence-corrected chi connectivity index (χ2v) is 8.61. The molecule has 5 rings (SSSR count). The second kappa shape index (κ2) is 5.47. The van der Waals surface area contributed by atoms with Crippen molar-refractivity contribution >= 4 is 11.9 Å². The van der Waals surface area contributed by atoms with E-state index in [1.807, 2.05) is 6.92 Å². The summed E-state index contributed by atoms with van der Waals surface area (Å²) < 4.78 is 0. The molecule has 0 unspecified atom stereocenters. The molecule has 2 atom stereocenters. The first-order chi connectivity index (χ1) is 11.0. The summed E-state index contributed by atoms with van der Waals surface area (Å²) >= 11 is 0. The molecule has 5 aliphatic rings. The lowest BCUT2D eigenvalue weighted by Gasteiger charge is -2.59. The molecule has 0 aromatic rings. The van der Waals surface area contributed by atoms with Crippen LogP contribution in [-0.4, -0.2) is 42.0 Å². The maximum absolute atomic E-state index is 12.5. The number of rotatable bonds is 4. The van der Waals surface area contributed by atoms with Crippen LogP contribution in [0.15, 0.2) is 0 Å². The van der Waals surface area contributed by atoms with Crippen LogP contribution >= 0.6 is 0 Å². The molecule has 0 radical (unpaired) electrons. The molecule has 4 bridgehead atoms. The summed E-state index contributed by atoms with van der Waals surface area (Å²) in [6.07, 6.45) is 8.31. The molecule has 1 heterocycles. The van der Waals surface area contributed by atoms with Gasteiger partial charge in [-0.2, -0.15) is 0 Å². The Morgan fingerprint density at radius 3 is 2.22 bits per heavy atom. The third-order valence-electron chi connectivity index (χ3n) is 7.00. The van der Waals surface area contributed by atoms with E-state index in [0.29, 0.717) is 24.5 Å². The van der Waals surface area contributed by atoms with E-state index in [0.717, 1.165) is 17.8 Å². The Morgan fingerprint density at radius 1 is 1.17 bits per heavy atom. The van der Waals surface area contributed by atoms with E-state index >= 15 is 0 Å². The molecule has 0 aromatic carbocycles. The van der Waals surface area contributed by atoms with Crippen LogP contribution in [0, 0.1) is 23.2 Å². The van der Waals surface area contributed by atoms with Gasteiger partial charge >= 0.3 is 6.03 Å². The van der Waals surface area contributed by atoms with Crippen molar-refractivity contribution in [3.05, 3.63) is 0 Å². The Hall–Kier alpha value is -1.10. The molecule has 1 aliphatic heterocycles. The molecular formula is C18H29N3O2. The van der Waals surface area contributed by atoms with Crippen molar-refractivity contribution in [1.82, 2.24) is 15.5 Å². The molecule has 4 aliphatic carbocycles. The zero-order valence-electron chi connectivity index (χ0n) is 14.3. The minimum Gasteiger partial charge on any atom is -0.336 e. The summed E-state index contributed by atoms with van der Waals surface area (Å²) in [4.78, 5) is 25.6. The predicted octanol–water partition coefficient (Wildman–Crippen LogP) is 2.12. The number of carbonyl (C=O) groups is 2. The number of hydrogen-bond donors (Lipinski definition) is 2. The second-order valence-electron chi connectivity index (χ2n) is 8.61. The van der Waals surface area contributed by atoms with Crippen molar-refractivity contribution in [2.75, 3.05) is 13.1 Å².